The molecular weight excluding hydrogens is 258 g/mol. The van der Waals surface area contributed by atoms with Gasteiger partial charge < -0.3 is 9.84 Å². The van der Waals surface area contributed by atoms with Crippen LogP contribution in [0.2, 0.25) is 0 Å². The lowest BCUT2D eigenvalue weighted by Crippen LogP contribution is -2.40. The maximum absolute atomic E-state index is 11.9. The van der Waals surface area contributed by atoms with E-state index < -0.39 is 16.1 Å². The van der Waals surface area contributed by atoms with Crippen molar-refractivity contribution < 1.29 is 17.7 Å². The van der Waals surface area contributed by atoms with E-state index in [9.17, 15) is 13.2 Å². The Morgan fingerprint density at radius 2 is 2.06 bits per heavy atom. The van der Waals surface area contributed by atoms with E-state index in [0.29, 0.717) is 6.54 Å². The molecule has 2 amide bonds. The van der Waals surface area contributed by atoms with Gasteiger partial charge in [-0.3, -0.25) is 0 Å². The van der Waals surface area contributed by atoms with Crippen molar-refractivity contribution in [2.24, 2.45) is 0 Å². The van der Waals surface area contributed by atoms with Crippen molar-refractivity contribution in [3.8, 4) is 0 Å². The maximum Gasteiger partial charge on any atom is 0.328 e. The highest BCUT2D eigenvalue weighted by molar-refractivity contribution is 7.90. The highest BCUT2D eigenvalue weighted by Gasteiger charge is 2.25. The largest absolute Gasteiger partial charge is 0.360 e. The fraction of sp³-hybridized carbons (Fsp3) is 0.600. The Morgan fingerprint density at radius 3 is 2.56 bits per heavy atom. The van der Waals surface area contributed by atoms with Gasteiger partial charge in [-0.25, -0.2) is 17.9 Å². The Hall–Kier alpha value is -1.57. The van der Waals surface area contributed by atoms with E-state index in [1.165, 1.54) is 13.8 Å². The number of aromatic nitrogens is 1. The standard InChI is InChI=1S/C10H17N3O4S/c1-4-5-6-11-10(14)13-18(15,16)9-7(2)12-17-8(9)3/h4-6H2,1-3H3,(H2,11,13,14). The van der Waals surface area contributed by atoms with Gasteiger partial charge in [0.2, 0.25) is 0 Å². The minimum absolute atomic E-state index is 0.0897. The molecule has 7 nitrogen and oxygen atoms in total. The molecule has 18 heavy (non-hydrogen) atoms. The number of hydrogen-bond acceptors (Lipinski definition) is 5. The number of hydrogen-bond donors (Lipinski definition) is 2. The van der Waals surface area contributed by atoms with E-state index in [2.05, 4.69) is 10.5 Å². The zero-order valence-corrected chi connectivity index (χ0v) is 11.4. The number of aryl methyl sites for hydroxylation is 2. The first-order chi connectivity index (χ1) is 8.38. The van der Waals surface area contributed by atoms with Gasteiger partial charge in [-0.05, 0) is 20.3 Å². The molecule has 0 aliphatic carbocycles. The number of rotatable bonds is 5. The van der Waals surface area contributed by atoms with Gasteiger partial charge in [0.15, 0.2) is 10.7 Å². The normalized spacial score (nSPS) is 11.3. The Balaban J connectivity index is 2.74. The molecule has 0 saturated heterocycles. The predicted octanol–water partition coefficient (Wildman–Crippen LogP) is 1.08. The second-order valence-corrected chi connectivity index (χ2v) is 5.49. The maximum atomic E-state index is 11.9. The lowest BCUT2D eigenvalue weighted by Gasteiger charge is -2.07. The molecule has 0 aromatic carbocycles. The summed E-state index contributed by atoms with van der Waals surface area (Å²) >= 11 is 0. The summed E-state index contributed by atoms with van der Waals surface area (Å²) in [7, 11) is -3.93. The molecule has 0 atom stereocenters. The average molecular weight is 275 g/mol. The van der Waals surface area contributed by atoms with Gasteiger partial charge in [0.05, 0.1) is 0 Å². The fourth-order valence-electron chi connectivity index (χ4n) is 1.45. The third-order valence-electron chi connectivity index (χ3n) is 2.28. The molecule has 0 radical (unpaired) electrons. The van der Waals surface area contributed by atoms with Crippen LogP contribution in [-0.2, 0) is 10.0 Å². The molecule has 1 heterocycles. The van der Waals surface area contributed by atoms with E-state index >= 15 is 0 Å². The summed E-state index contributed by atoms with van der Waals surface area (Å²) in [6, 6.07) is -0.747. The molecule has 0 aliphatic rings. The molecule has 0 fully saturated rings. The van der Waals surface area contributed by atoms with Crippen LogP contribution in [0.1, 0.15) is 31.2 Å². The molecule has 0 spiro atoms. The van der Waals surface area contributed by atoms with E-state index in [-0.39, 0.29) is 16.3 Å². The summed E-state index contributed by atoms with van der Waals surface area (Å²) in [5.41, 5.74) is 0.223. The van der Waals surface area contributed by atoms with Crippen molar-refractivity contribution in [1.82, 2.24) is 15.2 Å². The van der Waals surface area contributed by atoms with Gasteiger partial charge in [0, 0.05) is 6.54 Å². The highest BCUT2D eigenvalue weighted by Crippen LogP contribution is 2.18. The first-order valence-electron chi connectivity index (χ1n) is 5.62. The molecule has 102 valence electrons. The minimum atomic E-state index is -3.93. The first kappa shape index (κ1) is 14.5. The van der Waals surface area contributed by atoms with Crippen LogP contribution in [0.15, 0.2) is 9.42 Å². The SMILES string of the molecule is CCCCNC(=O)NS(=O)(=O)c1c(C)noc1C. The molecule has 1 aromatic heterocycles. The Kier molecular flexibility index (Phi) is 4.71. The number of carbonyl (C=O) groups is 1. The summed E-state index contributed by atoms with van der Waals surface area (Å²) < 4.78 is 30.5. The number of unbranched alkanes of at least 4 members (excludes halogenated alkanes) is 1. The van der Waals surface area contributed by atoms with Gasteiger partial charge in [0.1, 0.15) is 5.69 Å². The zero-order valence-electron chi connectivity index (χ0n) is 10.6. The van der Waals surface area contributed by atoms with E-state index in [1.54, 1.807) is 0 Å². The summed E-state index contributed by atoms with van der Waals surface area (Å²) in [6.07, 6.45) is 1.70. The summed E-state index contributed by atoms with van der Waals surface area (Å²) in [4.78, 5) is 11.3. The quantitative estimate of drug-likeness (QED) is 0.783. The average Bonchev–Trinajstić information content (AvgIpc) is 2.58. The molecule has 0 aliphatic heterocycles. The molecule has 0 bridgehead atoms. The van der Waals surface area contributed by atoms with Crippen molar-refractivity contribution in [3.63, 3.8) is 0 Å². The smallest absolute Gasteiger partial charge is 0.328 e. The van der Waals surface area contributed by atoms with Gasteiger partial charge in [-0.2, -0.15) is 0 Å². The van der Waals surface area contributed by atoms with Crippen LogP contribution >= 0.6 is 0 Å². The van der Waals surface area contributed by atoms with Crippen molar-refractivity contribution in [2.45, 2.75) is 38.5 Å². The van der Waals surface area contributed by atoms with E-state index in [4.69, 9.17) is 4.52 Å². The van der Waals surface area contributed by atoms with Gasteiger partial charge in [-0.15, -0.1) is 0 Å². The fourth-order valence-corrected chi connectivity index (χ4v) is 2.71. The molecule has 0 saturated carbocycles. The Bertz CT molecular complexity index is 502. The van der Waals surface area contributed by atoms with Crippen LogP contribution in [0.3, 0.4) is 0 Å². The number of nitrogens with one attached hydrogen (secondary N) is 2. The van der Waals surface area contributed by atoms with Crippen LogP contribution in [0.25, 0.3) is 0 Å². The van der Waals surface area contributed by atoms with E-state index in [1.807, 2.05) is 11.6 Å². The number of urea groups is 1. The van der Waals surface area contributed by atoms with Crippen molar-refractivity contribution in [2.75, 3.05) is 6.54 Å². The summed E-state index contributed by atoms with van der Waals surface area (Å²) in [5, 5.41) is 6.00. The molecule has 0 unspecified atom stereocenters. The van der Waals surface area contributed by atoms with Crippen molar-refractivity contribution in [1.29, 1.82) is 0 Å². The summed E-state index contributed by atoms with van der Waals surface area (Å²) in [5.74, 6) is 0.154. The predicted molar refractivity (Wildman–Crippen MR) is 64.6 cm³/mol. The third-order valence-corrected chi connectivity index (χ3v) is 3.85. The topological polar surface area (TPSA) is 101 Å². The molecule has 2 N–H and O–H groups in total. The van der Waals surface area contributed by atoms with Gasteiger partial charge in [0.25, 0.3) is 10.0 Å². The third kappa shape index (κ3) is 3.46. The van der Waals surface area contributed by atoms with Crippen molar-refractivity contribution >= 4 is 16.1 Å². The number of nitrogens with zero attached hydrogens (tertiary/aromatic N) is 1. The lowest BCUT2D eigenvalue weighted by molar-refractivity contribution is 0.245. The minimum Gasteiger partial charge on any atom is -0.360 e. The van der Waals surface area contributed by atoms with Gasteiger partial charge >= 0.3 is 6.03 Å². The Labute approximate surface area is 106 Å². The first-order valence-corrected chi connectivity index (χ1v) is 7.10. The second-order valence-electron chi connectivity index (χ2n) is 3.87. The van der Waals surface area contributed by atoms with Gasteiger partial charge in [-0.1, -0.05) is 18.5 Å². The number of carbonyl (C=O) groups excluding carboxylic acids is 1. The number of amides is 2. The monoisotopic (exact) mass is 275 g/mol. The molecule has 1 aromatic rings. The van der Waals surface area contributed by atoms with Crippen molar-refractivity contribution in [3.05, 3.63) is 11.5 Å². The second kappa shape index (κ2) is 5.85. The summed E-state index contributed by atoms with van der Waals surface area (Å²) in [6.45, 7) is 5.38. The van der Waals surface area contributed by atoms with Crippen LogP contribution in [-0.4, -0.2) is 26.2 Å². The lowest BCUT2D eigenvalue weighted by atomic mass is 10.3. The number of sulfonamides is 1. The molecular formula is C10H17N3O4S. The zero-order chi connectivity index (χ0) is 13.8. The van der Waals surface area contributed by atoms with Crippen LogP contribution in [0.5, 0.6) is 0 Å². The van der Waals surface area contributed by atoms with Crippen LogP contribution < -0.4 is 10.0 Å². The highest BCUT2D eigenvalue weighted by atomic mass is 32.2. The molecule has 8 heteroatoms. The Morgan fingerprint density at radius 1 is 1.39 bits per heavy atom. The molecule has 1 rings (SSSR count). The van der Waals surface area contributed by atoms with Crippen LogP contribution in [0, 0.1) is 13.8 Å². The van der Waals surface area contributed by atoms with Crippen LogP contribution in [0.4, 0.5) is 4.79 Å². The van der Waals surface area contributed by atoms with E-state index in [0.717, 1.165) is 12.8 Å².